The second kappa shape index (κ2) is 6.75. The molecule has 0 spiro atoms. The Bertz CT molecular complexity index is 796. The van der Waals surface area contributed by atoms with Gasteiger partial charge in [-0.3, -0.25) is 4.90 Å². The number of cyclic esters (lactones) is 1. The van der Waals surface area contributed by atoms with Crippen LogP contribution in [0, 0.1) is 5.92 Å². The summed E-state index contributed by atoms with van der Waals surface area (Å²) in [5.74, 6) is -0.436. The summed E-state index contributed by atoms with van der Waals surface area (Å²) in [6.45, 7) is 5.78. The first-order valence-corrected chi connectivity index (χ1v) is 8.50. The molecule has 1 amide bonds. The van der Waals surface area contributed by atoms with E-state index in [0.717, 1.165) is 16.3 Å². The molecule has 3 rings (SSSR count). The number of fused-ring (bicyclic) bond motifs is 1. The summed E-state index contributed by atoms with van der Waals surface area (Å²) >= 11 is 0. The van der Waals surface area contributed by atoms with E-state index in [1.165, 1.54) is 12.0 Å². The van der Waals surface area contributed by atoms with E-state index in [1.807, 2.05) is 63.2 Å². The third kappa shape index (κ3) is 2.95. The molecule has 2 aromatic rings. The lowest BCUT2D eigenvalue weighted by Crippen LogP contribution is -2.46. The lowest BCUT2D eigenvalue weighted by atomic mass is 9.95. The number of benzene rings is 2. The average Bonchev–Trinajstić information content (AvgIpc) is 2.97. The molecule has 1 saturated heterocycles. The standard InChI is InChI=1S/C20H23NO4/c1-12(2)18-17(19(22)24-4)21(20(23)25-18)13(3)15-11-7-9-14-8-5-6-10-16(14)15/h5-13,17-18H,1-4H3. The van der Waals surface area contributed by atoms with Crippen LogP contribution in [0.5, 0.6) is 0 Å². The first-order valence-electron chi connectivity index (χ1n) is 8.50. The minimum atomic E-state index is -0.744. The zero-order valence-corrected chi connectivity index (χ0v) is 14.9. The van der Waals surface area contributed by atoms with Crippen LogP contribution < -0.4 is 0 Å². The van der Waals surface area contributed by atoms with Crippen LogP contribution in [0.15, 0.2) is 42.5 Å². The van der Waals surface area contributed by atoms with Crippen molar-refractivity contribution in [3.05, 3.63) is 48.0 Å². The maximum absolute atomic E-state index is 12.6. The second-order valence-electron chi connectivity index (χ2n) is 6.71. The molecule has 5 heteroatoms. The summed E-state index contributed by atoms with van der Waals surface area (Å²) < 4.78 is 10.5. The van der Waals surface area contributed by atoms with Gasteiger partial charge in [0, 0.05) is 0 Å². The summed E-state index contributed by atoms with van der Waals surface area (Å²) in [5.41, 5.74) is 0.980. The van der Waals surface area contributed by atoms with Gasteiger partial charge in [0.05, 0.1) is 13.2 Å². The summed E-state index contributed by atoms with van der Waals surface area (Å²) in [6.07, 6.45) is -0.994. The number of carbonyl (C=O) groups excluding carboxylic acids is 2. The predicted molar refractivity (Wildman–Crippen MR) is 95.1 cm³/mol. The molecule has 1 heterocycles. The SMILES string of the molecule is COC(=O)C1C(C(C)C)OC(=O)N1C(C)c1cccc2ccccc12. The first kappa shape index (κ1) is 17.3. The van der Waals surface area contributed by atoms with Crippen LogP contribution in [-0.2, 0) is 14.3 Å². The summed E-state index contributed by atoms with van der Waals surface area (Å²) in [5, 5.41) is 2.15. The second-order valence-corrected chi connectivity index (χ2v) is 6.71. The number of hydrogen-bond donors (Lipinski definition) is 0. The lowest BCUT2D eigenvalue weighted by molar-refractivity contribution is -0.147. The van der Waals surface area contributed by atoms with Gasteiger partial charge in [0.1, 0.15) is 6.10 Å². The minimum Gasteiger partial charge on any atom is -0.467 e. The Hall–Kier alpha value is -2.56. The smallest absolute Gasteiger partial charge is 0.411 e. The molecule has 1 aliphatic heterocycles. The molecule has 0 N–H and O–H groups in total. The minimum absolute atomic E-state index is 0.0118. The quantitative estimate of drug-likeness (QED) is 0.791. The van der Waals surface area contributed by atoms with E-state index in [1.54, 1.807) is 0 Å². The number of esters is 1. The number of methoxy groups -OCH3 is 1. The van der Waals surface area contributed by atoms with Gasteiger partial charge in [-0.15, -0.1) is 0 Å². The fourth-order valence-electron chi connectivity index (χ4n) is 3.55. The molecule has 0 saturated carbocycles. The van der Waals surface area contributed by atoms with Gasteiger partial charge in [-0.05, 0) is 29.2 Å². The Balaban J connectivity index is 2.05. The van der Waals surface area contributed by atoms with Crippen LogP contribution in [0.4, 0.5) is 4.79 Å². The highest BCUT2D eigenvalue weighted by Gasteiger charge is 2.50. The van der Waals surface area contributed by atoms with Gasteiger partial charge < -0.3 is 9.47 Å². The lowest BCUT2D eigenvalue weighted by Gasteiger charge is -2.29. The highest BCUT2D eigenvalue weighted by molar-refractivity contribution is 5.88. The van der Waals surface area contributed by atoms with E-state index < -0.39 is 24.2 Å². The fraction of sp³-hybridized carbons (Fsp3) is 0.400. The van der Waals surface area contributed by atoms with Crippen molar-refractivity contribution in [2.75, 3.05) is 7.11 Å². The van der Waals surface area contributed by atoms with Crippen molar-refractivity contribution in [2.24, 2.45) is 5.92 Å². The number of amides is 1. The maximum Gasteiger partial charge on any atom is 0.411 e. The fourth-order valence-corrected chi connectivity index (χ4v) is 3.55. The Kier molecular flexibility index (Phi) is 4.66. The van der Waals surface area contributed by atoms with Crippen molar-refractivity contribution in [2.45, 2.75) is 39.0 Å². The molecule has 2 aromatic carbocycles. The summed E-state index contributed by atoms with van der Waals surface area (Å²) in [6, 6.07) is 12.9. The Morgan fingerprint density at radius 3 is 2.48 bits per heavy atom. The number of hydrogen-bond acceptors (Lipinski definition) is 4. The number of rotatable bonds is 4. The van der Waals surface area contributed by atoms with E-state index in [4.69, 9.17) is 9.47 Å². The summed E-state index contributed by atoms with van der Waals surface area (Å²) in [7, 11) is 1.34. The largest absolute Gasteiger partial charge is 0.467 e. The normalized spacial score (nSPS) is 21.5. The van der Waals surface area contributed by atoms with Crippen LogP contribution in [0.3, 0.4) is 0 Å². The highest BCUT2D eigenvalue weighted by atomic mass is 16.6. The van der Waals surface area contributed by atoms with Crippen LogP contribution in [0.2, 0.25) is 0 Å². The first-order chi connectivity index (χ1) is 12.0. The van der Waals surface area contributed by atoms with Gasteiger partial charge in [0.2, 0.25) is 0 Å². The van der Waals surface area contributed by atoms with Crippen molar-refractivity contribution in [1.29, 1.82) is 0 Å². The van der Waals surface area contributed by atoms with Crippen LogP contribution >= 0.6 is 0 Å². The Morgan fingerprint density at radius 1 is 1.12 bits per heavy atom. The van der Waals surface area contributed by atoms with Crippen LogP contribution in [0.1, 0.15) is 32.4 Å². The van der Waals surface area contributed by atoms with Crippen molar-refractivity contribution >= 4 is 22.8 Å². The van der Waals surface area contributed by atoms with Gasteiger partial charge in [-0.1, -0.05) is 56.3 Å². The van der Waals surface area contributed by atoms with Crippen LogP contribution in [-0.4, -0.2) is 36.2 Å². The molecule has 3 atom stereocenters. The van der Waals surface area contributed by atoms with E-state index in [9.17, 15) is 9.59 Å². The van der Waals surface area contributed by atoms with E-state index in [-0.39, 0.29) is 12.0 Å². The van der Waals surface area contributed by atoms with Crippen molar-refractivity contribution < 1.29 is 19.1 Å². The van der Waals surface area contributed by atoms with Crippen molar-refractivity contribution in [3.63, 3.8) is 0 Å². The van der Waals surface area contributed by atoms with Gasteiger partial charge in [0.25, 0.3) is 0 Å². The van der Waals surface area contributed by atoms with Gasteiger partial charge in [0.15, 0.2) is 6.04 Å². The molecule has 5 nitrogen and oxygen atoms in total. The molecule has 0 aliphatic carbocycles. The third-order valence-corrected chi connectivity index (χ3v) is 4.85. The van der Waals surface area contributed by atoms with E-state index in [0.29, 0.717) is 0 Å². The zero-order valence-electron chi connectivity index (χ0n) is 14.9. The molecule has 1 fully saturated rings. The molecule has 25 heavy (non-hydrogen) atoms. The third-order valence-electron chi connectivity index (χ3n) is 4.85. The zero-order chi connectivity index (χ0) is 18.1. The highest BCUT2D eigenvalue weighted by Crippen LogP contribution is 2.36. The van der Waals surface area contributed by atoms with E-state index >= 15 is 0 Å². The summed E-state index contributed by atoms with van der Waals surface area (Å²) in [4.78, 5) is 26.5. The van der Waals surface area contributed by atoms with Crippen molar-refractivity contribution in [3.8, 4) is 0 Å². The van der Waals surface area contributed by atoms with E-state index in [2.05, 4.69) is 0 Å². The molecular formula is C20H23NO4. The van der Waals surface area contributed by atoms with Gasteiger partial charge in [-0.25, -0.2) is 9.59 Å². The molecule has 0 aromatic heterocycles. The topological polar surface area (TPSA) is 55.8 Å². The molecule has 0 bridgehead atoms. The number of ether oxygens (including phenoxy) is 2. The number of nitrogens with zero attached hydrogens (tertiary/aromatic N) is 1. The van der Waals surface area contributed by atoms with Crippen molar-refractivity contribution in [1.82, 2.24) is 4.90 Å². The average molecular weight is 341 g/mol. The molecular weight excluding hydrogens is 318 g/mol. The van der Waals surface area contributed by atoms with Gasteiger partial charge in [-0.2, -0.15) is 0 Å². The Labute approximate surface area is 147 Å². The molecule has 1 aliphatic rings. The molecule has 0 radical (unpaired) electrons. The van der Waals surface area contributed by atoms with Gasteiger partial charge >= 0.3 is 12.1 Å². The molecule has 132 valence electrons. The Morgan fingerprint density at radius 2 is 1.80 bits per heavy atom. The predicted octanol–water partition coefficient (Wildman–Crippen LogP) is 3.92. The maximum atomic E-state index is 12.6. The molecule has 3 unspecified atom stereocenters. The van der Waals surface area contributed by atoms with Crippen LogP contribution in [0.25, 0.3) is 10.8 Å². The number of carbonyl (C=O) groups is 2. The monoisotopic (exact) mass is 341 g/mol.